The number of rotatable bonds is 6. The summed E-state index contributed by atoms with van der Waals surface area (Å²) in [6, 6.07) is 13.2. The van der Waals surface area contributed by atoms with Crippen molar-refractivity contribution in [3.05, 3.63) is 63.5 Å². The van der Waals surface area contributed by atoms with Gasteiger partial charge in [-0.25, -0.2) is 0 Å². The monoisotopic (exact) mass is 393 g/mol. The van der Waals surface area contributed by atoms with Crippen LogP contribution in [0.3, 0.4) is 0 Å². The summed E-state index contributed by atoms with van der Waals surface area (Å²) in [6.45, 7) is 2.35. The molecule has 1 unspecified atom stereocenters. The number of hydrogen-bond donors (Lipinski definition) is 1. The molecule has 3 nitrogen and oxygen atoms in total. The first-order valence-corrected chi connectivity index (χ1v) is 9.56. The molecule has 1 N–H and O–H groups in total. The molecule has 0 radical (unpaired) electrons. The minimum Gasteiger partial charge on any atom is -0.479 e. The van der Waals surface area contributed by atoms with Gasteiger partial charge in [-0.05, 0) is 59.1 Å². The topological polar surface area (TPSA) is 38.3 Å². The highest BCUT2D eigenvalue weighted by atomic mass is 35.5. The molecule has 1 heterocycles. The fourth-order valence-corrected chi connectivity index (χ4v) is 3.70. The predicted octanol–water partition coefficient (Wildman–Crippen LogP) is 5.68. The van der Waals surface area contributed by atoms with Crippen molar-refractivity contribution in [3.63, 3.8) is 0 Å². The number of halogens is 2. The molecule has 1 atom stereocenters. The maximum atomic E-state index is 12.4. The van der Waals surface area contributed by atoms with Gasteiger partial charge in [0.15, 0.2) is 6.10 Å². The first-order valence-electron chi connectivity index (χ1n) is 7.92. The summed E-state index contributed by atoms with van der Waals surface area (Å²) < 4.78 is 6.99. The summed E-state index contributed by atoms with van der Waals surface area (Å²) in [5, 5.41) is 7.09. The number of carbonyl (C=O) groups excluding carboxylic acids is 1. The van der Waals surface area contributed by atoms with Gasteiger partial charge < -0.3 is 10.1 Å². The summed E-state index contributed by atoms with van der Waals surface area (Å²) in [7, 11) is 0. The maximum Gasteiger partial charge on any atom is 0.261 e. The molecule has 1 aromatic heterocycles. The van der Waals surface area contributed by atoms with Crippen molar-refractivity contribution < 1.29 is 9.53 Å². The van der Waals surface area contributed by atoms with Crippen LogP contribution >= 0.6 is 34.5 Å². The van der Waals surface area contributed by atoms with Crippen molar-refractivity contribution in [2.24, 2.45) is 0 Å². The second kappa shape index (κ2) is 8.09. The highest BCUT2D eigenvalue weighted by molar-refractivity contribution is 7.17. The van der Waals surface area contributed by atoms with Crippen molar-refractivity contribution in [2.75, 3.05) is 0 Å². The van der Waals surface area contributed by atoms with Crippen LogP contribution in [-0.2, 0) is 11.3 Å². The number of fused-ring (bicyclic) bond motifs is 1. The highest BCUT2D eigenvalue weighted by Crippen LogP contribution is 2.28. The van der Waals surface area contributed by atoms with Crippen LogP contribution in [0.5, 0.6) is 5.75 Å². The van der Waals surface area contributed by atoms with Crippen LogP contribution in [0.2, 0.25) is 10.0 Å². The molecule has 0 aliphatic rings. The van der Waals surface area contributed by atoms with E-state index < -0.39 is 6.10 Å². The predicted molar refractivity (Wildman–Crippen MR) is 105 cm³/mol. The number of hydrogen-bond acceptors (Lipinski definition) is 3. The molecule has 6 heteroatoms. The quantitative estimate of drug-likeness (QED) is 0.584. The molecule has 25 heavy (non-hydrogen) atoms. The zero-order valence-electron chi connectivity index (χ0n) is 13.6. The molecule has 0 bridgehead atoms. The van der Waals surface area contributed by atoms with Gasteiger partial charge in [-0.3, -0.25) is 4.79 Å². The first kappa shape index (κ1) is 18.1. The van der Waals surface area contributed by atoms with E-state index in [-0.39, 0.29) is 5.91 Å². The second-order valence-corrected chi connectivity index (χ2v) is 7.39. The summed E-state index contributed by atoms with van der Waals surface area (Å²) in [6.07, 6.45) is -0.0718. The van der Waals surface area contributed by atoms with E-state index in [1.165, 1.54) is 10.1 Å². The molecule has 3 aromatic rings. The Morgan fingerprint density at radius 2 is 2.04 bits per heavy atom. The Labute approximate surface area is 160 Å². The summed E-state index contributed by atoms with van der Waals surface area (Å²) in [4.78, 5) is 12.4. The average Bonchev–Trinajstić information content (AvgIpc) is 3.07. The number of benzene rings is 2. The first-order chi connectivity index (χ1) is 12.1. The van der Waals surface area contributed by atoms with Crippen molar-refractivity contribution in [1.29, 1.82) is 0 Å². The van der Waals surface area contributed by atoms with Gasteiger partial charge in [0, 0.05) is 16.3 Å². The van der Waals surface area contributed by atoms with E-state index in [9.17, 15) is 4.79 Å². The van der Waals surface area contributed by atoms with E-state index in [0.29, 0.717) is 28.8 Å². The van der Waals surface area contributed by atoms with Crippen LogP contribution in [0.15, 0.2) is 47.8 Å². The lowest BCUT2D eigenvalue weighted by Crippen LogP contribution is -2.37. The van der Waals surface area contributed by atoms with Gasteiger partial charge in [-0.15, -0.1) is 11.3 Å². The van der Waals surface area contributed by atoms with E-state index in [1.54, 1.807) is 29.5 Å². The molecule has 3 rings (SSSR count). The summed E-state index contributed by atoms with van der Waals surface area (Å²) in [5.41, 5.74) is 1.05. The van der Waals surface area contributed by atoms with Gasteiger partial charge in [-0.2, -0.15) is 0 Å². The molecule has 1 amide bonds. The highest BCUT2D eigenvalue weighted by Gasteiger charge is 2.19. The van der Waals surface area contributed by atoms with E-state index in [1.807, 2.05) is 13.0 Å². The van der Waals surface area contributed by atoms with Crippen LogP contribution < -0.4 is 10.1 Å². The molecule has 0 fully saturated rings. The lowest BCUT2D eigenvalue weighted by Gasteiger charge is -2.18. The average molecular weight is 394 g/mol. The molecular formula is C19H17Cl2NO2S. The van der Waals surface area contributed by atoms with Gasteiger partial charge in [0.1, 0.15) is 5.75 Å². The summed E-state index contributed by atoms with van der Waals surface area (Å²) >= 11 is 13.7. The lowest BCUT2D eigenvalue weighted by atomic mass is 10.1. The molecule has 0 aliphatic heterocycles. The van der Waals surface area contributed by atoms with Gasteiger partial charge in [0.2, 0.25) is 0 Å². The molecular weight excluding hydrogens is 377 g/mol. The normalized spacial score (nSPS) is 12.1. The number of thiophene rings is 1. The lowest BCUT2D eigenvalue weighted by molar-refractivity contribution is -0.128. The van der Waals surface area contributed by atoms with Gasteiger partial charge in [-0.1, -0.05) is 36.2 Å². The van der Waals surface area contributed by atoms with E-state index >= 15 is 0 Å². The zero-order chi connectivity index (χ0) is 17.8. The van der Waals surface area contributed by atoms with E-state index in [2.05, 4.69) is 28.9 Å². The fraction of sp³-hybridized carbons (Fsp3) is 0.211. The van der Waals surface area contributed by atoms with Crippen molar-refractivity contribution in [3.8, 4) is 5.75 Å². The molecule has 0 saturated carbocycles. The molecule has 2 aromatic carbocycles. The minimum absolute atomic E-state index is 0.168. The molecule has 0 spiro atoms. The Morgan fingerprint density at radius 1 is 1.20 bits per heavy atom. The number of ether oxygens (including phenoxy) is 1. The Bertz CT molecular complexity index is 894. The Hall–Kier alpha value is -1.75. The van der Waals surface area contributed by atoms with Crippen molar-refractivity contribution in [2.45, 2.75) is 26.0 Å². The maximum absolute atomic E-state index is 12.4. The van der Waals surface area contributed by atoms with Crippen LogP contribution in [-0.4, -0.2) is 12.0 Å². The smallest absolute Gasteiger partial charge is 0.261 e. The standard InChI is InChI=1S/C19H17Cl2NO2S/c1-2-16(24-17-5-4-14(20)10-15(17)21)19(23)22-11-12-3-6-18-13(9-12)7-8-25-18/h3-10,16H,2,11H2,1H3,(H,22,23). The number of nitrogens with one attached hydrogen (secondary N) is 1. The Balaban J connectivity index is 1.63. The van der Waals surface area contributed by atoms with Gasteiger partial charge in [0.25, 0.3) is 5.91 Å². The molecule has 130 valence electrons. The minimum atomic E-state index is -0.608. The van der Waals surface area contributed by atoms with Crippen LogP contribution in [0.1, 0.15) is 18.9 Å². The van der Waals surface area contributed by atoms with Gasteiger partial charge >= 0.3 is 0 Å². The summed E-state index contributed by atoms with van der Waals surface area (Å²) in [5.74, 6) is 0.284. The van der Waals surface area contributed by atoms with Crippen LogP contribution in [0.4, 0.5) is 0 Å². The molecule has 0 saturated heterocycles. The SMILES string of the molecule is CCC(Oc1ccc(Cl)cc1Cl)C(=O)NCc1ccc2sccc2c1. The Morgan fingerprint density at radius 3 is 2.80 bits per heavy atom. The Kier molecular flexibility index (Phi) is 5.84. The zero-order valence-corrected chi connectivity index (χ0v) is 15.9. The largest absolute Gasteiger partial charge is 0.479 e. The second-order valence-electron chi connectivity index (χ2n) is 5.60. The van der Waals surface area contributed by atoms with E-state index in [0.717, 1.165) is 5.56 Å². The van der Waals surface area contributed by atoms with Crippen molar-refractivity contribution in [1.82, 2.24) is 5.32 Å². The molecule has 0 aliphatic carbocycles. The third-order valence-electron chi connectivity index (χ3n) is 3.81. The van der Waals surface area contributed by atoms with Gasteiger partial charge in [0.05, 0.1) is 5.02 Å². The third kappa shape index (κ3) is 4.46. The number of amides is 1. The van der Waals surface area contributed by atoms with Crippen molar-refractivity contribution >= 4 is 50.5 Å². The number of carbonyl (C=O) groups is 1. The third-order valence-corrected chi connectivity index (χ3v) is 5.24. The van der Waals surface area contributed by atoms with Crippen LogP contribution in [0, 0.1) is 0 Å². The van der Waals surface area contributed by atoms with E-state index in [4.69, 9.17) is 27.9 Å². The fourth-order valence-electron chi connectivity index (χ4n) is 2.48. The van der Waals surface area contributed by atoms with Crippen LogP contribution in [0.25, 0.3) is 10.1 Å².